The van der Waals surface area contributed by atoms with Gasteiger partial charge < -0.3 is 9.64 Å². The summed E-state index contributed by atoms with van der Waals surface area (Å²) in [6, 6.07) is 8.24. The first-order valence-corrected chi connectivity index (χ1v) is 10.4. The third-order valence-corrected chi connectivity index (χ3v) is 6.58. The number of methoxy groups -OCH3 is 1. The summed E-state index contributed by atoms with van der Waals surface area (Å²) < 4.78 is 45.4. The first-order valence-electron chi connectivity index (χ1n) is 8.97. The number of halogens is 1. The highest BCUT2D eigenvalue weighted by Gasteiger charge is 2.26. The van der Waals surface area contributed by atoms with Gasteiger partial charge in [-0.1, -0.05) is 19.9 Å². The van der Waals surface area contributed by atoms with E-state index in [1.165, 1.54) is 35.7 Å². The van der Waals surface area contributed by atoms with Crippen LogP contribution in [0.1, 0.15) is 19.4 Å². The zero-order valence-electron chi connectivity index (χ0n) is 16.8. The van der Waals surface area contributed by atoms with Gasteiger partial charge >= 0.3 is 0 Å². The van der Waals surface area contributed by atoms with Gasteiger partial charge in [-0.15, -0.1) is 0 Å². The lowest BCUT2D eigenvalue weighted by atomic mass is 10.1. The predicted octanol–water partition coefficient (Wildman–Crippen LogP) is 3.41. The van der Waals surface area contributed by atoms with Gasteiger partial charge in [0, 0.05) is 32.7 Å². The molecule has 0 aliphatic carbocycles. The van der Waals surface area contributed by atoms with Crippen LogP contribution in [0.2, 0.25) is 0 Å². The molecule has 0 saturated carbocycles. The lowest BCUT2D eigenvalue weighted by Crippen LogP contribution is -2.30. The van der Waals surface area contributed by atoms with Crippen LogP contribution in [-0.4, -0.2) is 44.9 Å². The van der Waals surface area contributed by atoms with Crippen molar-refractivity contribution in [1.82, 2.24) is 4.31 Å². The fourth-order valence-electron chi connectivity index (χ4n) is 3.01. The molecule has 158 valence electrons. The fraction of sp³-hybridized carbons (Fsp3) is 0.368. The predicted molar refractivity (Wildman–Crippen MR) is 108 cm³/mol. The van der Waals surface area contributed by atoms with Crippen LogP contribution < -0.4 is 9.64 Å². The molecule has 2 aromatic carbocycles. The molecular weight excluding hydrogens is 401 g/mol. The SMILES string of the molecule is CCN(CC)S(=O)(=O)c1ccc(N(C)Cc2ccc(OC)c(F)c2)c([N+](=O)[O-])c1. The highest BCUT2D eigenvalue weighted by molar-refractivity contribution is 7.89. The maximum atomic E-state index is 13.9. The van der Waals surface area contributed by atoms with Crippen molar-refractivity contribution in [3.05, 3.63) is 57.9 Å². The lowest BCUT2D eigenvalue weighted by Gasteiger charge is -2.21. The molecule has 2 rings (SSSR count). The second-order valence-electron chi connectivity index (χ2n) is 6.32. The number of benzene rings is 2. The number of nitro benzene ring substituents is 1. The van der Waals surface area contributed by atoms with Crippen molar-refractivity contribution >= 4 is 21.4 Å². The molecule has 0 unspecified atom stereocenters. The van der Waals surface area contributed by atoms with E-state index in [-0.39, 0.29) is 41.7 Å². The Hall–Kier alpha value is -2.72. The van der Waals surface area contributed by atoms with Gasteiger partial charge in [0.2, 0.25) is 10.0 Å². The molecule has 0 aliphatic heterocycles. The molecule has 0 fully saturated rings. The highest BCUT2D eigenvalue weighted by atomic mass is 32.2. The normalized spacial score (nSPS) is 11.5. The van der Waals surface area contributed by atoms with E-state index < -0.39 is 20.8 Å². The van der Waals surface area contributed by atoms with Gasteiger partial charge in [0.25, 0.3) is 5.69 Å². The second kappa shape index (κ2) is 9.19. The van der Waals surface area contributed by atoms with Crippen LogP contribution in [-0.2, 0) is 16.6 Å². The Labute approximate surface area is 169 Å². The third kappa shape index (κ3) is 4.83. The molecule has 29 heavy (non-hydrogen) atoms. The zero-order valence-corrected chi connectivity index (χ0v) is 17.6. The molecule has 0 atom stereocenters. The summed E-state index contributed by atoms with van der Waals surface area (Å²) in [6.07, 6.45) is 0. The van der Waals surface area contributed by atoms with Crippen molar-refractivity contribution in [3.8, 4) is 5.75 Å². The molecule has 0 amide bonds. The first kappa shape index (κ1) is 22.6. The van der Waals surface area contributed by atoms with Gasteiger partial charge in [-0.3, -0.25) is 10.1 Å². The summed E-state index contributed by atoms with van der Waals surface area (Å²) in [7, 11) is -0.848. The maximum absolute atomic E-state index is 13.9. The quantitative estimate of drug-likeness (QED) is 0.452. The Kier molecular flexibility index (Phi) is 7.15. The van der Waals surface area contributed by atoms with Crippen molar-refractivity contribution in [2.45, 2.75) is 25.3 Å². The van der Waals surface area contributed by atoms with Crippen molar-refractivity contribution in [2.24, 2.45) is 0 Å². The van der Waals surface area contributed by atoms with Gasteiger partial charge in [0.05, 0.1) is 16.9 Å². The summed E-state index contributed by atoms with van der Waals surface area (Å²) in [5, 5.41) is 11.6. The van der Waals surface area contributed by atoms with Gasteiger partial charge in [0.15, 0.2) is 11.6 Å². The minimum Gasteiger partial charge on any atom is -0.494 e. The topological polar surface area (TPSA) is 93.0 Å². The van der Waals surface area contributed by atoms with Crippen LogP contribution in [0.25, 0.3) is 0 Å². The summed E-state index contributed by atoms with van der Waals surface area (Å²) in [4.78, 5) is 12.4. The number of anilines is 1. The van der Waals surface area contributed by atoms with Crippen molar-refractivity contribution in [2.75, 3.05) is 32.1 Å². The summed E-state index contributed by atoms with van der Waals surface area (Å²) in [5.74, 6) is -0.429. The van der Waals surface area contributed by atoms with Crippen LogP contribution in [0, 0.1) is 15.9 Å². The molecule has 0 aliphatic rings. The molecule has 8 nitrogen and oxygen atoms in total. The maximum Gasteiger partial charge on any atom is 0.293 e. The minimum absolute atomic E-state index is 0.105. The summed E-state index contributed by atoms with van der Waals surface area (Å²) in [6.45, 7) is 4.11. The van der Waals surface area contributed by atoms with E-state index in [4.69, 9.17) is 4.74 Å². The van der Waals surface area contributed by atoms with E-state index in [0.29, 0.717) is 5.56 Å². The molecule has 0 radical (unpaired) electrons. The number of sulfonamides is 1. The summed E-state index contributed by atoms with van der Waals surface area (Å²) >= 11 is 0. The van der Waals surface area contributed by atoms with Crippen molar-refractivity contribution < 1.29 is 22.5 Å². The molecule has 10 heteroatoms. The van der Waals surface area contributed by atoms with Crippen LogP contribution >= 0.6 is 0 Å². The first-order chi connectivity index (χ1) is 13.6. The van der Waals surface area contributed by atoms with E-state index in [0.717, 1.165) is 6.07 Å². The fourth-order valence-corrected chi connectivity index (χ4v) is 4.49. The van der Waals surface area contributed by atoms with Crippen LogP contribution in [0.4, 0.5) is 15.8 Å². The number of hydrogen-bond donors (Lipinski definition) is 0. The molecule has 0 saturated heterocycles. The Morgan fingerprint density at radius 3 is 2.31 bits per heavy atom. The van der Waals surface area contributed by atoms with Gasteiger partial charge in [-0.25, -0.2) is 12.8 Å². The second-order valence-corrected chi connectivity index (χ2v) is 8.26. The lowest BCUT2D eigenvalue weighted by molar-refractivity contribution is -0.384. The largest absolute Gasteiger partial charge is 0.494 e. The molecule has 0 bridgehead atoms. The van der Waals surface area contributed by atoms with Crippen LogP contribution in [0.3, 0.4) is 0 Å². The third-order valence-electron chi connectivity index (χ3n) is 4.53. The molecule has 0 aromatic heterocycles. The molecular formula is C19H24FN3O5S. The van der Waals surface area contributed by atoms with Crippen LogP contribution in [0.15, 0.2) is 41.3 Å². The standard InChI is InChI=1S/C19H24FN3O5S/c1-5-22(6-2)29(26,27)15-8-9-17(18(12-15)23(24)25)21(3)13-14-7-10-19(28-4)16(20)11-14/h7-12H,5-6,13H2,1-4H3. The van der Waals surface area contributed by atoms with Gasteiger partial charge in [0.1, 0.15) is 5.69 Å². The Morgan fingerprint density at radius 2 is 1.79 bits per heavy atom. The molecule has 0 spiro atoms. The Bertz CT molecular complexity index is 993. The molecule has 0 heterocycles. The van der Waals surface area contributed by atoms with Gasteiger partial charge in [-0.05, 0) is 29.8 Å². The number of ether oxygens (including phenoxy) is 1. The van der Waals surface area contributed by atoms with E-state index in [1.54, 1.807) is 31.9 Å². The van der Waals surface area contributed by atoms with Gasteiger partial charge in [-0.2, -0.15) is 4.31 Å². The van der Waals surface area contributed by atoms with E-state index in [2.05, 4.69) is 0 Å². The van der Waals surface area contributed by atoms with E-state index in [9.17, 15) is 22.9 Å². The Balaban J connectivity index is 2.40. The molecule has 0 N–H and O–H groups in total. The van der Waals surface area contributed by atoms with Crippen molar-refractivity contribution in [1.29, 1.82) is 0 Å². The average Bonchev–Trinajstić information content (AvgIpc) is 2.68. The zero-order chi connectivity index (χ0) is 21.8. The van der Waals surface area contributed by atoms with E-state index >= 15 is 0 Å². The number of rotatable bonds is 9. The number of hydrogen-bond acceptors (Lipinski definition) is 6. The summed E-state index contributed by atoms with van der Waals surface area (Å²) in [5.41, 5.74) is 0.472. The monoisotopic (exact) mass is 425 g/mol. The number of nitrogens with zero attached hydrogens (tertiary/aromatic N) is 3. The minimum atomic E-state index is -3.82. The van der Waals surface area contributed by atoms with Crippen molar-refractivity contribution in [3.63, 3.8) is 0 Å². The molecule has 2 aromatic rings. The smallest absolute Gasteiger partial charge is 0.293 e. The van der Waals surface area contributed by atoms with Crippen LogP contribution in [0.5, 0.6) is 5.75 Å². The Morgan fingerprint density at radius 1 is 1.14 bits per heavy atom. The van der Waals surface area contributed by atoms with E-state index in [1.807, 2.05) is 0 Å². The highest BCUT2D eigenvalue weighted by Crippen LogP contribution is 2.32. The number of nitro groups is 1. The average molecular weight is 425 g/mol.